The van der Waals surface area contributed by atoms with Crippen LogP contribution in [-0.2, 0) is 24.6 Å². The predicted molar refractivity (Wildman–Crippen MR) is 219 cm³/mol. The van der Waals surface area contributed by atoms with Crippen LogP contribution in [0.1, 0.15) is 77.5 Å². The molecule has 4 heterocycles. The summed E-state index contributed by atoms with van der Waals surface area (Å²) < 4.78 is 9.61. The van der Waals surface area contributed by atoms with Crippen LogP contribution in [0, 0.1) is 17.8 Å². The first-order valence-electron chi connectivity index (χ1n) is 20.3. The largest absolute Gasteiger partial charge is 0.453 e. The topological polar surface area (TPSA) is 175 Å². The Hall–Kier alpha value is -5.92. The number of hydrogen-bond donors (Lipinski definition) is 4. The number of nitrogens with zero attached hydrogens (tertiary/aromatic N) is 4. The lowest BCUT2D eigenvalue weighted by Gasteiger charge is -2.40. The number of nitrogens with one attached hydrogen (secondary N) is 4. The van der Waals surface area contributed by atoms with E-state index in [1.807, 2.05) is 49.6 Å². The van der Waals surface area contributed by atoms with Crippen LogP contribution in [0.3, 0.4) is 0 Å². The molecule has 3 aromatic carbocycles. The van der Waals surface area contributed by atoms with Gasteiger partial charge in [-0.1, -0.05) is 64.1 Å². The van der Waals surface area contributed by atoms with Gasteiger partial charge in [-0.2, -0.15) is 0 Å². The van der Waals surface area contributed by atoms with Gasteiger partial charge in [0.25, 0.3) is 0 Å². The molecule has 2 aromatic heterocycles. The zero-order valence-electron chi connectivity index (χ0n) is 33.9. The number of amides is 4. The maximum absolute atomic E-state index is 14.0. The number of alkyl carbamates (subject to hydrolysis) is 2. The van der Waals surface area contributed by atoms with E-state index in [0.29, 0.717) is 19.0 Å². The molecule has 2 saturated heterocycles. The number of H-pyrrole nitrogens is 2. The van der Waals surface area contributed by atoms with Crippen molar-refractivity contribution in [1.82, 2.24) is 40.4 Å². The van der Waals surface area contributed by atoms with E-state index in [1.165, 1.54) is 14.2 Å². The van der Waals surface area contributed by atoms with Crippen molar-refractivity contribution in [2.45, 2.75) is 83.5 Å². The molecular weight excluding hydrogens is 737 g/mol. The molecule has 4 amide bonds. The van der Waals surface area contributed by atoms with Gasteiger partial charge in [-0.3, -0.25) is 9.59 Å². The highest BCUT2D eigenvalue weighted by Gasteiger charge is 2.56. The third-order valence-electron chi connectivity index (χ3n) is 12.4. The predicted octanol–water partition coefficient (Wildman–Crippen LogP) is 7.04. The molecule has 4 N–H and O–H groups in total. The lowest BCUT2D eigenvalue weighted by molar-refractivity contribution is -0.140. The molecule has 14 heteroatoms. The van der Waals surface area contributed by atoms with Crippen LogP contribution in [-0.4, -0.2) is 93.1 Å². The minimum absolute atomic E-state index is 0.102. The Morgan fingerprint density at radius 3 is 1.86 bits per heavy atom. The average molecular weight is 789 g/mol. The van der Waals surface area contributed by atoms with Crippen LogP contribution in [0.5, 0.6) is 0 Å². The smallest absolute Gasteiger partial charge is 0.407 e. The first kappa shape index (κ1) is 38.9. The summed E-state index contributed by atoms with van der Waals surface area (Å²) in [6, 6.07) is 19.2. The van der Waals surface area contributed by atoms with Crippen molar-refractivity contribution in [2.75, 3.05) is 27.3 Å². The van der Waals surface area contributed by atoms with Crippen LogP contribution in [0.4, 0.5) is 9.59 Å². The number of piperidine rings is 1. The van der Waals surface area contributed by atoms with E-state index in [0.717, 1.165) is 88.1 Å². The van der Waals surface area contributed by atoms with Gasteiger partial charge in [-0.05, 0) is 96.4 Å². The van der Waals surface area contributed by atoms with Gasteiger partial charge in [0.05, 0.1) is 42.3 Å². The summed E-state index contributed by atoms with van der Waals surface area (Å²) in [5.41, 5.74) is 7.12. The van der Waals surface area contributed by atoms with Crippen LogP contribution >= 0.6 is 0 Å². The molecule has 14 nitrogen and oxygen atoms in total. The molecule has 1 aliphatic carbocycles. The van der Waals surface area contributed by atoms with Gasteiger partial charge in [0, 0.05) is 13.1 Å². The third kappa shape index (κ3) is 7.02. The molecule has 2 aliphatic heterocycles. The summed E-state index contributed by atoms with van der Waals surface area (Å²) in [5.74, 6) is 1.47. The lowest BCUT2D eigenvalue weighted by atomic mass is 9.93. The van der Waals surface area contributed by atoms with Gasteiger partial charge >= 0.3 is 12.2 Å². The summed E-state index contributed by atoms with van der Waals surface area (Å²) >= 11 is 0. The maximum atomic E-state index is 14.0. The normalized spacial score (nSPS) is 21.2. The third-order valence-corrected chi connectivity index (χ3v) is 12.4. The summed E-state index contributed by atoms with van der Waals surface area (Å²) in [6.45, 7) is 8.90. The SMILES string of the molecule is COC(=O)N[C@H](C(=O)N1CCC[C@H]1c1nc2ccc(-c3ccc(-c4ccc5nc(C67CCC(CN6C(=O)[C@@H](NC(=O)OC)C(C)C)C7)[nH]c5c4)cc3)cc2[nH]1)C(C)C. The molecule has 8 rings (SSSR count). The second kappa shape index (κ2) is 15.4. The molecule has 0 radical (unpaired) electrons. The number of hydrogen-bond acceptors (Lipinski definition) is 8. The Bertz CT molecular complexity index is 2370. The van der Waals surface area contributed by atoms with Gasteiger partial charge in [-0.25, -0.2) is 19.6 Å². The van der Waals surface area contributed by atoms with Gasteiger partial charge in [0.2, 0.25) is 11.8 Å². The number of carbonyl (C=O) groups excluding carboxylic acids is 4. The molecule has 304 valence electrons. The summed E-state index contributed by atoms with van der Waals surface area (Å²) in [7, 11) is 2.60. The van der Waals surface area contributed by atoms with Crippen molar-refractivity contribution in [3.05, 3.63) is 72.3 Å². The number of ether oxygens (including phenoxy) is 2. The number of benzene rings is 3. The summed E-state index contributed by atoms with van der Waals surface area (Å²) in [6.07, 6.45) is 3.08. The quantitative estimate of drug-likeness (QED) is 0.117. The molecule has 2 bridgehead atoms. The van der Waals surface area contributed by atoms with E-state index in [9.17, 15) is 19.2 Å². The number of fused-ring (bicyclic) bond motifs is 4. The first-order chi connectivity index (χ1) is 27.9. The fraction of sp³-hybridized carbons (Fsp3) is 0.455. The number of likely N-dealkylation sites (tertiary alicyclic amines) is 2. The van der Waals surface area contributed by atoms with Crippen molar-refractivity contribution in [2.24, 2.45) is 17.8 Å². The van der Waals surface area contributed by atoms with Gasteiger partial charge in [-0.15, -0.1) is 0 Å². The van der Waals surface area contributed by atoms with Crippen molar-refractivity contribution in [1.29, 1.82) is 0 Å². The molecule has 5 atom stereocenters. The monoisotopic (exact) mass is 788 g/mol. The van der Waals surface area contributed by atoms with Crippen LogP contribution in [0.15, 0.2) is 60.7 Å². The highest BCUT2D eigenvalue weighted by Crippen LogP contribution is 2.52. The minimum Gasteiger partial charge on any atom is -0.453 e. The zero-order valence-corrected chi connectivity index (χ0v) is 33.9. The van der Waals surface area contributed by atoms with Crippen molar-refractivity contribution < 1.29 is 28.7 Å². The van der Waals surface area contributed by atoms with E-state index >= 15 is 0 Å². The van der Waals surface area contributed by atoms with Crippen LogP contribution < -0.4 is 10.6 Å². The molecule has 58 heavy (non-hydrogen) atoms. The standard InChI is InChI=1S/C44H52N8O6/c1-24(2)36(49-42(55)57-5)39(53)51-19-7-8-35(51)38-45-31-15-13-29(20-33(31)46-38)27-9-11-28(12-10-27)30-14-16-32-34(21-30)48-41(47-32)44-18-17-26(22-44)23-52(44)40(54)37(25(3)4)50-43(56)58-6/h9-16,20-21,24-26,35-37H,7-8,17-19,22-23H2,1-6H3,(H,45,46)(H,47,48)(H,49,55)(H,50,56)/t26?,35-,36-,37-,44?/m0/s1. The number of aromatic nitrogens is 4. The molecule has 2 unspecified atom stereocenters. The highest BCUT2D eigenvalue weighted by molar-refractivity contribution is 5.89. The molecule has 1 saturated carbocycles. The summed E-state index contributed by atoms with van der Waals surface area (Å²) in [5, 5.41) is 5.47. The Labute approximate surface area is 337 Å². The summed E-state index contributed by atoms with van der Waals surface area (Å²) in [4.78, 5) is 72.6. The van der Waals surface area contributed by atoms with E-state index in [-0.39, 0.29) is 29.7 Å². The van der Waals surface area contributed by atoms with Crippen LogP contribution in [0.2, 0.25) is 0 Å². The van der Waals surface area contributed by atoms with E-state index < -0.39 is 29.8 Å². The fourth-order valence-corrected chi connectivity index (χ4v) is 9.29. The Morgan fingerprint density at radius 1 is 0.741 bits per heavy atom. The van der Waals surface area contributed by atoms with Crippen LogP contribution in [0.25, 0.3) is 44.3 Å². The lowest BCUT2D eigenvalue weighted by Crippen LogP contribution is -2.56. The highest BCUT2D eigenvalue weighted by atomic mass is 16.5. The molecule has 3 aliphatic rings. The maximum Gasteiger partial charge on any atom is 0.407 e. The Balaban J connectivity index is 1.000. The van der Waals surface area contributed by atoms with Crippen molar-refractivity contribution in [3.63, 3.8) is 0 Å². The number of aromatic amines is 2. The second-order valence-electron chi connectivity index (χ2n) is 16.7. The van der Waals surface area contributed by atoms with E-state index in [1.54, 1.807) is 0 Å². The molecule has 0 spiro atoms. The fourth-order valence-electron chi connectivity index (χ4n) is 9.29. The van der Waals surface area contributed by atoms with E-state index in [2.05, 4.69) is 69.1 Å². The first-order valence-corrected chi connectivity index (χ1v) is 20.3. The number of carbonyl (C=O) groups is 4. The molecular formula is C44H52N8O6. The van der Waals surface area contributed by atoms with Gasteiger partial charge < -0.3 is 39.9 Å². The molecule has 3 fully saturated rings. The molecule has 5 aromatic rings. The average Bonchev–Trinajstić information content (AvgIpc) is 4.08. The van der Waals surface area contributed by atoms with E-state index in [4.69, 9.17) is 19.4 Å². The Morgan fingerprint density at radius 2 is 1.29 bits per heavy atom. The number of rotatable bonds is 10. The number of methoxy groups -OCH3 is 2. The Kier molecular flexibility index (Phi) is 10.4. The minimum atomic E-state index is -0.692. The van der Waals surface area contributed by atoms with Crippen molar-refractivity contribution >= 4 is 46.1 Å². The van der Waals surface area contributed by atoms with Gasteiger partial charge in [0.15, 0.2) is 0 Å². The number of imidazole rings is 2. The van der Waals surface area contributed by atoms with Crippen molar-refractivity contribution in [3.8, 4) is 22.3 Å². The zero-order chi connectivity index (χ0) is 40.9. The van der Waals surface area contributed by atoms with Gasteiger partial charge in [0.1, 0.15) is 29.3 Å². The second-order valence-corrected chi connectivity index (χ2v) is 16.7.